The molecule has 2 N–H and O–H groups in total. The second-order valence-corrected chi connectivity index (χ2v) is 7.26. The molecule has 3 amide bonds. The predicted octanol–water partition coefficient (Wildman–Crippen LogP) is 2.55. The van der Waals surface area contributed by atoms with E-state index in [0.717, 1.165) is 22.9 Å². The average Bonchev–Trinajstić information content (AvgIpc) is 2.65. The van der Waals surface area contributed by atoms with Crippen LogP contribution in [0.3, 0.4) is 0 Å². The van der Waals surface area contributed by atoms with Gasteiger partial charge in [-0.15, -0.1) is 0 Å². The minimum absolute atomic E-state index is 0.0526. The number of imide groups is 1. The molecule has 0 radical (unpaired) electrons. The van der Waals surface area contributed by atoms with Crippen LogP contribution < -0.4 is 16.2 Å². The number of para-hydroxylation sites is 1. The van der Waals surface area contributed by atoms with Gasteiger partial charge in [-0.3, -0.25) is 19.5 Å². The van der Waals surface area contributed by atoms with Gasteiger partial charge in [-0.25, -0.2) is 9.78 Å². The maximum absolute atomic E-state index is 13.2. The molecule has 0 bridgehead atoms. The van der Waals surface area contributed by atoms with Crippen molar-refractivity contribution in [3.63, 3.8) is 0 Å². The van der Waals surface area contributed by atoms with Crippen LogP contribution in [-0.2, 0) is 4.79 Å². The maximum atomic E-state index is 13.2. The molecule has 0 saturated heterocycles. The first-order valence-corrected chi connectivity index (χ1v) is 9.62. The van der Waals surface area contributed by atoms with Gasteiger partial charge in [0.2, 0.25) is 5.91 Å². The molecular formula is C20H20N4O3S. The Morgan fingerprint density at radius 2 is 1.79 bits per heavy atom. The molecule has 3 rings (SSSR count). The number of thioether (sulfide) groups is 1. The molecule has 0 unspecified atom stereocenters. The normalized spacial score (nSPS) is 10.7. The summed E-state index contributed by atoms with van der Waals surface area (Å²) < 4.78 is 1.51. The highest BCUT2D eigenvalue weighted by atomic mass is 32.2. The number of amides is 3. The monoisotopic (exact) mass is 396 g/mol. The first-order valence-electron chi connectivity index (χ1n) is 8.64. The van der Waals surface area contributed by atoms with Gasteiger partial charge in [-0.2, -0.15) is 0 Å². The lowest BCUT2D eigenvalue weighted by atomic mass is 10.1. The summed E-state index contributed by atoms with van der Waals surface area (Å²) in [6.07, 6.45) is 0. The van der Waals surface area contributed by atoms with Crippen LogP contribution >= 0.6 is 11.8 Å². The fraction of sp³-hybridized carbons (Fsp3) is 0.200. The molecule has 28 heavy (non-hydrogen) atoms. The molecule has 144 valence electrons. The Balaban J connectivity index is 2.08. The zero-order valence-electron chi connectivity index (χ0n) is 15.8. The highest BCUT2D eigenvalue weighted by Gasteiger charge is 2.16. The van der Waals surface area contributed by atoms with E-state index < -0.39 is 11.9 Å². The minimum atomic E-state index is -0.580. The van der Waals surface area contributed by atoms with E-state index in [1.165, 1.54) is 11.6 Å². The summed E-state index contributed by atoms with van der Waals surface area (Å²) in [4.78, 5) is 41.1. The second kappa shape index (κ2) is 8.26. The van der Waals surface area contributed by atoms with Crippen molar-refractivity contribution in [2.45, 2.75) is 19.0 Å². The third-order valence-corrected chi connectivity index (χ3v) is 4.96. The van der Waals surface area contributed by atoms with E-state index in [0.29, 0.717) is 21.7 Å². The predicted molar refractivity (Wildman–Crippen MR) is 110 cm³/mol. The van der Waals surface area contributed by atoms with Crippen LogP contribution in [0.4, 0.5) is 4.79 Å². The molecule has 1 heterocycles. The van der Waals surface area contributed by atoms with Gasteiger partial charge in [0.1, 0.15) is 0 Å². The summed E-state index contributed by atoms with van der Waals surface area (Å²) in [5.74, 6) is -0.526. The molecule has 7 nitrogen and oxygen atoms in total. The van der Waals surface area contributed by atoms with Crippen molar-refractivity contribution in [1.82, 2.24) is 20.2 Å². The smallest absolute Gasteiger partial charge is 0.321 e. The van der Waals surface area contributed by atoms with Crippen LogP contribution in [0, 0.1) is 13.8 Å². The van der Waals surface area contributed by atoms with Gasteiger partial charge in [0.25, 0.3) is 5.56 Å². The van der Waals surface area contributed by atoms with Gasteiger partial charge in [-0.05, 0) is 49.2 Å². The molecule has 0 aliphatic rings. The van der Waals surface area contributed by atoms with Crippen LogP contribution in [0.15, 0.2) is 52.4 Å². The van der Waals surface area contributed by atoms with Crippen molar-refractivity contribution in [1.29, 1.82) is 0 Å². The molecule has 0 aliphatic heterocycles. The lowest BCUT2D eigenvalue weighted by Gasteiger charge is -2.14. The molecule has 3 aromatic rings. The molecule has 0 atom stereocenters. The quantitative estimate of drug-likeness (QED) is 0.522. The van der Waals surface area contributed by atoms with Crippen LogP contribution in [-0.4, -0.2) is 34.3 Å². The van der Waals surface area contributed by atoms with Gasteiger partial charge >= 0.3 is 6.03 Å². The lowest BCUT2D eigenvalue weighted by Crippen LogP contribution is -2.38. The number of carbonyl (C=O) groups is 2. The molecule has 0 aliphatic carbocycles. The number of aryl methyl sites for hydroxylation is 2. The molecule has 0 spiro atoms. The van der Waals surface area contributed by atoms with Gasteiger partial charge in [0.15, 0.2) is 5.16 Å². The number of hydrogen-bond donors (Lipinski definition) is 2. The topological polar surface area (TPSA) is 93.1 Å². The van der Waals surface area contributed by atoms with Crippen LogP contribution in [0.2, 0.25) is 0 Å². The van der Waals surface area contributed by atoms with Crippen molar-refractivity contribution < 1.29 is 9.59 Å². The second-order valence-electron chi connectivity index (χ2n) is 6.31. The summed E-state index contributed by atoms with van der Waals surface area (Å²) >= 11 is 1.10. The number of hydrogen-bond acceptors (Lipinski definition) is 5. The summed E-state index contributed by atoms with van der Waals surface area (Å²) in [6.45, 7) is 3.92. The fourth-order valence-electron chi connectivity index (χ4n) is 2.87. The third kappa shape index (κ3) is 4.23. The van der Waals surface area contributed by atoms with Crippen molar-refractivity contribution in [2.75, 3.05) is 12.8 Å². The fourth-order valence-corrected chi connectivity index (χ4v) is 3.68. The zero-order chi connectivity index (χ0) is 20.3. The van der Waals surface area contributed by atoms with E-state index in [4.69, 9.17) is 0 Å². The molecule has 8 heteroatoms. The van der Waals surface area contributed by atoms with Gasteiger partial charge in [0.05, 0.1) is 22.3 Å². The van der Waals surface area contributed by atoms with E-state index in [1.54, 1.807) is 18.2 Å². The van der Waals surface area contributed by atoms with Gasteiger partial charge in [0, 0.05) is 7.05 Å². The molecular weight excluding hydrogens is 376 g/mol. The summed E-state index contributed by atoms with van der Waals surface area (Å²) in [6, 6.07) is 12.3. The Kier molecular flexibility index (Phi) is 5.79. The van der Waals surface area contributed by atoms with E-state index in [9.17, 15) is 14.4 Å². The first kappa shape index (κ1) is 19.6. The van der Waals surface area contributed by atoms with Crippen LogP contribution in [0.5, 0.6) is 0 Å². The SMILES string of the molecule is CNC(=O)NC(=O)CSc1nc2ccccc2c(=O)n1-c1cc(C)cc(C)c1. The number of benzene rings is 2. The van der Waals surface area contributed by atoms with Crippen LogP contribution in [0.25, 0.3) is 16.6 Å². The minimum Gasteiger partial charge on any atom is -0.341 e. The summed E-state index contributed by atoms with van der Waals surface area (Å²) in [7, 11) is 1.43. The van der Waals surface area contributed by atoms with Crippen LogP contribution in [0.1, 0.15) is 11.1 Å². The lowest BCUT2D eigenvalue weighted by molar-refractivity contribution is -0.117. The number of fused-ring (bicyclic) bond motifs is 1. The number of rotatable bonds is 4. The van der Waals surface area contributed by atoms with Crippen molar-refractivity contribution in [3.05, 3.63) is 63.9 Å². The van der Waals surface area contributed by atoms with Gasteiger partial charge in [-0.1, -0.05) is 30.0 Å². The largest absolute Gasteiger partial charge is 0.341 e. The molecule has 2 aromatic carbocycles. The number of nitrogens with zero attached hydrogens (tertiary/aromatic N) is 2. The van der Waals surface area contributed by atoms with Crippen molar-refractivity contribution in [2.24, 2.45) is 0 Å². The van der Waals surface area contributed by atoms with E-state index in [-0.39, 0.29) is 11.3 Å². The molecule has 0 saturated carbocycles. The average molecular weight is 396 g/mol. The molecule has 1 aromatic heterocycles. The van der Waals surface area contributed by atoms with Crippen molar-refractivity contribution >= 4 is 34.6 Å². The Morgan fingerprint density at radius 3 is 2.46 bits per heavy atom. The number of aromatic nitrogens is 2. The van der Waals surface area contributed by atoms with E-state index in [2.05, 4.69) is 15.6 Å². The first-order chi connectivity index (χ1) is 13.4. The summed E-state index contributed by atoms with van der Waals surface area (Å²) in [5.41, 5.74) is 3.08. The molecule has 0 fully saturated rings. The number of carbonyl (C=O) groups excluding carboxylic acids is 2. The number of nitrogens with one attached hydrogen (secondary N) is 2. The highest BCUT2D eigenvalue weighted by Crippen LogP contribution is 2.22. The van der Waals surface area contributed by atoms with Crippen molar-refractivity contribution in [3.8, 4) is 5.69 Å². The Morgan fingerprint density at radius 1 is 1.11 bits per heavy atom. The summed E-state index contributed by atoms with van der Waals surface area (Å²) in [5, 5.41) is 5.42. The van der Waals surface area contributed by atoms with E-state index in [1.807, 2.05) is 38.1 Å². The highest BCUT2D eigenvalue weighted by molar-refractivity contribution is 7.99. The number of urea groups is 1. The van der Waals surface area contributed by atoms with Gasteiger partial charge < -0.3 is 5.32 Å². The Bertz CT molecular complexity index is 1100. The Hall–Kier alpha value is -3.13. The van der Waals surface area contributed by atoms with E-state index >= 15 is 0 Å². The zero-order valence-corrected chi connectivity index (χ0v) is 16.6. The third-order valence-electron chi connectivity index (χ3n) is 4.02. The Labute approximate surface area is 166 Å². The maximum Gasteiger partial charge on any atom is 0.321 e. The standard InChI is InChI=1S/C20H20N4O3S/c1-12-8-13(2)10-14(9-12)24-18(26)15-6-4-5-7-16(15)22-20(24)28-11-17(25)23-19(27)21-3/h4-10H,11H2,1-3H3,(H2,21,23,25,27).